The Bertz CT molecular complexity index is 590. The Balaban J connectivity index is 1.99. The standard InChI is InChI=1S/C16H19BrN2O2/c1-3-18-10-12-7-8-15(14(17)9-12)21-11-13-5-4-6-16(19-13)20-2/h4-9,18H,3,10-11H2,1-2H3. The van der Waals surface area contributed by atoms with E-state index in [2.05, 4.69) is 45.3 Å². The van der Waals surface area contributed by atoms with E-state index >= 15 is 0 Å². The SMILES string of the molecule is CCNCc1ccc(OCc2cccc(OC)n2)c(Br)c1. The second-order valence-corrected chi connectivity index (χ2v) is 5.36. The van der Waals surface area contributed by atoms with Gasteiger partial charge in [0.05, 0.1) is 17.3 Å². The zero-order valence-electron chi connectivity index (χ0n) is 12.2. The number of halogens is 1. The molecule has 0 aliphatic heterocycles. The first-order valence-electron chi connectivity index (χ1n) is 6.84. The fourth-order valence-electron chi connectivity index (χ4n) is 1.84. The Morgan fingerprint density at radius 2 is 2.10 bits per heavy atom. The molecule has 0 spiro atoms. The summed E-state index contributed by atoms with van der Waals surface area (Å²) in [6.07, 6.45) is 0. The van der Waals surface area contributed by atoms with Gasteiger partial charge in [-0.25, -0.2) is 4.98 Å². The molecule has 0 amide bonds. The molecule has 112 valence electrons. The number of aromatic nitrogens is 1. The van der Waals surface area contributed by atoms with Crippen LogP contribution in [0.15, 0.2) is 40.9 Å². The minimum Gasteiger partial charge on any atom is -0.486 e. The molecule has 0 bridgehead atoms. The van der Waals surface area contributed by atoms with Crippen molar-refractivity contribution < 1.29 is 9.47 Å². The summed E-state index contributed by atoms with van der Waals surface area (Å²) in [5.41, 5.74) is 2.05. The van der Waals surface area contributed by atoms with Crippen molar-refractivity contribution in [2.75, 3.05) is 13.7 Å². The second kappa shape index (κ2) is 8.00. The summed E-state index contributed by atoms with van der Waals surface area (Å²) in [5, 5.41) is 3.30. The Morgan fingerprint density at radius 3 is 2.81 bits per heavy atom. The molecule has 1 N–H and O–H groups in total. The quantitative estimate of drug-likeness (QED) is 0.829. The van der Waals surface area contributed by atoms with E-state index in [0.717, 1.165) is 29.0 Å². The predicted octanol–water partition coefficient (Wildman–Crippen LogP) is 3.54. The molecule has 5 heteroatoms. The molecule has 1 aromatic heterocycles. The van der Waals surface area contributed by atoms with Crippen molar-refractivity contribution in [3.8, 4) is 11.6 Å². The van der Waals surface area contributed by atoms with Gasteiger partial charge in [-0.2, -0.15) is 0 Å². The fourth-order valence-corrected chi connectivity index (χ4v) is 2.38. The number of hydrogen-bond donors (Lipinski definition) is 1. The lowest BCUT2D eigenvalue weighted by Gasteiger charge is -2.10. The van der Waals surface area contributed by atoms with Crippen LogP contribution in [0.4, 0.5) is 0 Å². The van der Waals surface area contributed by atoms with Gasteiger partial charge in [-0.05, 0) is 46.2 Å². The molecule has 21 heavy (non-hydrogen) atoms. The minimum absolute atomic E-state index is 0.405. The van der Waals surface area contributed by atoms with Gasteiger partial charge in [0, 0.05) is 12.6 Å². The van der Waals surface area contributed by atoms with E-state index in [9.17, 15) is 0 Å². The lowest BCUT2D eigenvalue weighted by Crippen LogP contribution is -2.11. The zero-order valence-corrected chi connectivity index (χ0v) is 13.8. The van der Waals surface area contributed by atoms with Crippen LogP contribution in [0.1, 0.15) is 18.2 Å². The highest BCUT2D eigenvalue weighted by molar-refractivity contribution is 9.10. The maximum atomic E-state index is 5.80. The molecular formula is C16H19BrN2O2. The highest BCUT2D eigenvalue weighted by atomic mass is 79.9. The summed E-state index contributed by atoms with van der Waals surface area (Å²) in [7, 11) is 1.60. The summed E-state index contributed by atoms with van der Waals surface area (Å²) in [6, 6.07) is 11.7. The molecule has 0 unspecified atom stereocenters. The Kier molecular flexibility index (Phi) is 6.02. The molecule has 0 saturated heterocycles. The molecular weight excluding hydrogens is 332 g/mol. The van der Waals surface area contributed by atoms with Gasteiger partial charge in [-0.3, -0.25) is 0 Å². The van der Waals surface area contributed by atoms with Crippen molar-refractivity contribution in [3.63, 3.8) is 0 Å². The molecule has 0 saturated carbocycles. The zero-order chi connectivity index (χ0) is 15.1. The normalized spacial score (nSPS) is 10.4. The summed E-state index contributed by atoms with van der Waals surface area (Å²) < 4.78 is 11.8. The number of rotatable bonds is 7. The summed E-state index contributed by atoms with van der Waals surface area (Å²) in [5.74, 6) is 1.40. The first-order valence-corrected chi connectivity index (χ1v) is 7.64. The second-order valence-electron chi connectivity index (χ2n) is 4.51. The van der Waals surface area contributed by atoms with E-state index in [1.54, 1.807) is 7.11 Å². The van der Waals surface area contributed by atoms with Gasteiger partial charge in [0.25, 0.3) is 0 Å². The topological polar surface area (TPSA) is 43.4 Å². The van der Waals surface area contributed by atoms with E-state index in [1.165, 1.54) is 5.56 Å². The first-order chi connectivity index (χ1) is 10.2. The first kappa shape index (κ1) is 15.8. The summed E-state index contributed by atoms with van der Waals surface area (Å²) >= 11 is 3.54. The van der Waals surface area contributed by atoms with Crippen molar-refractivity contribution in [3.05, 3.63) is 52.1 Å². The van der Waals surface area contributed by atoms with Crippen molar-refractivity contribution in [1.29, 1.82) is 0 Å². The Hall–Kier alpha value is -1.59. The van der Waals surface area contributed by atoms with Crippen molar-refractivity contribution >= 4 is 15.9 Å². The number of methoxy groups -OCH3 is 1. The molecule has 0 aliphatic rings. The van der Waals surface area contributed by atoms with E-state index in [4.69, 9.17) is 9.47 Å². The third-order valence-corrected chi connectivity index (χ3v) is 3.56. The van der Waals surface area contributed by atoms with Gasteiger partial charge >= 0.3 is 0 Å². The van der Waals surface area contributed by atoms with Crippen molar-refractivity contribution in [2.45, 2.75) is 20.1 Å². The molecule has 0 atom stereocenters. The van der Waals surface area contributed by atoms with Crippen LogP contribution in [-0.4, -0.2) is 18.6 Å². The maximum absolute atomic E-state index is 5.80. The van der Waals surface area contributed by atoms with Crippen LogP contribution in [0.25, 0.3) is 0 Å². The average molecular weight is 351 g/mol. The van der Waals surface area contributed by atoms with Crippen molar-refractivity contribution in [1.82, 2.24) is 10.3 Å². The largest absolute Gasteiger partial charge is 0.486 e. The fraction of sp³-hybridized carbons (Fsp3) is 0.312. The number of benzene rings is 1. The highest BCUT2D eigenvalue weighted by Crippen LogP contribution is 2.26. The monoisotopic (exact) mass is 350 g/mol. The predicted molar refractivity (Wildman–Crippen MR) is 86.6 cm³/mol. The molecule has 1 aromatic carbocycles. The number of hydrogen-bond acceptors (Lipinski definition) is 4. The van der Waals surface area contributed by atoms with Crippen LogP contribution in [0, 0.1) is 0 Å². The summed E-state index contributed by atoms with van der Waals surface area (Å²) in [4.78, 5) is 4.32. The van der Waals surface area contributed by atoms with E-state index < -0.39 is 0 Å². The van der Waals surface area contributed by atoms with Gasteiger partial charge in [0.2, 0.25) is 5.88 Å². The van der Waals surface area contributed by atoms with Crippen LogP contribution in [0.5, 0.6) is 11.6 Å². The molecule has 2 rings (SSSR count). The summed E-state index contributed by atoms with van der Waals surface area (Å²) in [6.45, 7) is 4.31. The van der Waals surface area contributed by atoms with Gasteiger partial charge in [-0.1, -0.05) is 19.1 Å². The van der Waals surface area contributed by atoms with Gasteiger partial charge in [0.15, 0.2) is 0 Å². The van der Waals surface area contributed by atoms with E-state index in [1.807, 2.05) is 24.3 Å². The van der Waals surface area contributed by atoms with E-state index in [-0.39, 0.29) is 0 Å². The Labute approximate surface area is 133 Å². The number of nitrogens with zero attached hydrogens (tertiary/aromatic N) is 1. The van der Waals surface area contributed by atoms with Gasteiger partial charge < -0.3 is 14.8 Å². The number of nitrogens with one attached hydrogen (secondary N) is 1. The molecule has 0 radical (unpaired) electrons. The van der Waals surface area contributed by atoms with Gasteiger partial charge in [-0.15, -0.1) is 0 Å². The third kappa shape index (κ3) is 4.72. The smallest absolute Gasteiger partial charge is 0.213 e. The molecule has 0 fully saturated rings. The van der Waals surface area contributed by atoms with Crippen LogP contribution in [0.2, 0.25) is 0 Å². The number of ether oxygens (including phenoxy) is 2. The molecule has 4 nitrogen and oxygen atoms in total. The minimum atomic E-state index is 0.405. The van der Waals surface area contributed by atoms with Crippen LogP contribution in [0.3, 0.4) is 0 Å². The third-order valence-electron chi connectivity index (χ3n) is 2.94. The molecule has 2 aromatic rings. The van der Waals surface area contributed by atoms with Gasteiger partial charge in [0.1, 0.15) is 12.4 Å². The lowest BCUT2D eigenvalue weighted by molar-refractivity contribution is 0.296. The van der Waals surface area contributed by atoms with Crippen LogP contribution >= 0.6 is 15.9 Å². The Morgan fingerprint density at radius 1 is 1.24 bits per heavy atom. The molecule has 1 heterocycles. The average Bonchev–Trinajstić information content (AvgIpc) is 2.52. The lowest BCUT2D eigenvalue weighted by atomic mass is 10.2. The highest BCUT2D eigenvalue weighted by Gasteiger charge is 2.04. The number of pyridine rings is 1. The van der Waals surface area contributed by atoms with Crippen molar-refractivity contribution in [2.24, 2.45) is 0 Å². The van der Waals surface area contributed by atoms with E-state index in [0.29, 0.717) is 12.5 Å². The van der Waals surface area contributed by atoms with Crippen LogP contribution in [-0.2, 0) is 13.2 Å². The molecule has 0 aliphatic carbocycles. The maximum Gasteiger partial charge on any atom is 0.213 e. The van der Waals surface area contributed by atoms with Crippen LogP contribution < -0.4 is 14.8 Å².